The molecule has 0 aromatic carbocycles. The summed E-state index contributed by atoms with van der Waals surface area (Å²) in [5.41, 5.74) is -0.354. The Morgan fingerprint density at radius 3 is 2.10 bits per heavy atom. The minimum absolute atomic E-state index is 0.0275. The summed E-state index contributed by atoms with van der Waals surface area (Å²) in [6.07, 6.45) is 1.98. The maximum Gasteiger partial charge on any atom is 0.312 e. The van der Waals surface area contributed by atoms with E-state index in [0.717, 1.165) is 32.5 Å². The number of carbonyl (C=O) groups excluding carboxylic acids is 1. The van der Waals surface area contributed by atoms with Gasteiger partial charge in [-0.05, 0) is 44.7 Å². The SMILES string of the molecule is CCN(CC)CCOC(=O)C(C)(CCC(C)C)C(C)C. The number of rotatable bonds is 10. The zero-order valence-electron chi connectivity index (χ0n) is 14.7. The third kappa shape index (κ3) is 6.25. The Balaban J connectivity index is 4.42. The number of carbonyl (C=O) groups is 1. The molecule has 0 aliphatic heterocycles. The zero-order chi connectivity index (χ0) is 15.8. The monoisotopic (exact) mass is 285 g/mol. The molecule has 0 aliphatic rings. The number of hydrogen-bond acceptors (Lipinski definition) is 3. The van der Waals surface area contributed by atoms with Crippen LogP contribution >= 0.6 is 0 Å². The van der Waals surface area contributed by atoms with E-state index >= 15 is 0 Å². The quantitative estimate of drug-likeness (QED) is 0.569. The van der Waals surface area contributed by atoms with Gasteiger partial charge in [0.2, 0.25) is 0 Å². The van der Waals surface area contributed by atoms with Gasteiger partial charge in [-0.1, -0.05) is 41.5 Å². The minimum atomic E-state index is -0.354. The number of esters is 1. The van der Waals surface area contributed by atoms with E-state index < -0.39 is 0 Å². The fourth-order valence-electron chi connectivity index (χ4n) is 2.19. The molecule has 0 saturated carbocycles. The first-order chi connectivity index (χ1) is 9.27. The molecule has 0 saturated heterocycles. The number of hydrogen-bond donors (Lipinski definition) is 0. The highest BCUT2D eigenvalue weighted by atomic mass is 16.5. The van der Waals surface area contributed by atoms with Crippen LogP contribution in [-0.2, 0) is 9.53 Å². The average Bonchev–Trinajstić information content (AvgIpc) is 2.40. The van der Waals surface area contributed by atoms with Crippen LogP contribution in [0.15, 0.2) is 0 Å². The summed E-state index contributed by atoms with van der Waals surface area (Å²) < 4.78 is 5.55. The molecule has 0 aliphatic carbocycles. The van der Waals surface area contributed by atoms with E-state index in [0.29, 0.717) is 18.4 Å². The number of nitrogens with zero attached hydrogens (tertiary/aromatic N) is 1. The molecule has 3 heteroatoms. The Labute approximate surface area is 126 Å². The van der Waals surface area contributed by atoms with Crippen LogP contribution in [0.4, 0.5) is 0 Å². The standard InChI is InChI=1S/C17H35NO2/c1-8-18(9-2)12-13-20-16(19)17(7,15(5)6)11-10-14(3)4/h14-15H,8-13H2,1-7H3. The van der Waals surface area contributed by atoms with Crippen LogP contribution in [-0.4, -0.2) is 37.1 Å². The maximum absolute atomic E-state index is 12.4. The maximum atomic E-state index is 12.4. The molecule has 20 heavy (non-hydrogen) atoms. The van der Waals surface area contributed by atoms with Crippen molar-refractivity contribution in [3.05, 3.63) is 0 Å². The van der Waals surface area contributed by atoms with Crippen molar-refractivity contribution < 1.29 is 9.53 Å². The van der Waals surface area contributed by atoms with Crippen LogP contribution in [0, 0.1) is 17.3 Å². The lowest BCUT2D eigenvalue weighted by atomic mass is 9.74. The molecule has 0 N–H and O–H groups in total. The van der Waals surface area contributed by atoms with Crippen LogP contribution in [0.25, 0.3) is 0 Å². The van der Waals surface area contributed by atoms with Crippen molar-refractivity contribution in [3.8, 4) is 0 Å². The highest BCUT2D eigenvalue weighted by molar-refractivity contribution is 5.76. The van der Waals surface area contributed by atoms with Crippen molar-refractivity contribution in [2.45, 2.75) is 61.3 Å². The van der Waals surface area contributed by atoms with Gasteiger partial charge in [0, 0.05) is 6.54 Å². The van der Waals surface area contributed by atoms with Gasteiger partial charge in [0.1, 0.15) is 6.61 Å². The van der Waals surface area contributed by atoms with Crippen LogP contribution in [0.3, 0.4) is 0 Å². The summed E-state index contributed by atoms with van der Waals surface area (Å²) >= 11 is 0. The van der Waals surface area contributed by atoms with Crippen molar-refractivity contribution in [3.63, 3.8) is 0 Å². The second-order valence-corrected chi connectivity index (χ2v) is 6.67. The Morgan fingerprint density at radius 2 is 1.70 bits per heavy atom. The van der Waals surface area contributed by atoms with Crippen LogP contribution in [0.5, 0.6) is 0 Å². The first-order valence-corrected chi connectivity index (χ1v) is 8.17. The predicted octanol–water partition coefficient (Wildman–Crippen LogP) is 3.97. The summed E-state index contributed by atoms with van der Waals surface area (Å²) in [7, 11) is 0. The molecule has 0 spiro atoms. The average molecular weight is 285 g/mol. The van der Waals surface area contributed by atoms with E-state index in [1.54, 1.807) is 0 Å². The third-order valence-electron chi connectivity index (χ3n) is 4.52. The molecule has 0 rings (SSSR count). The largest absolute Gasteiger partial charge is 0.464 e. The van der Waals surface area contributed by atoms with Gasteiger partial charge < -0.3 is 9.64 Å². The summed E-state index contributed by atoms with van der Waals surface area (Å²) in [4.78, 5) is 14.7. The molecule has 0 heterocycles. The summed E-state index contributed by atoms with van der Waals surface area (Å²) in [6, 6.07) is 0. The minimum Gasteiger partial charge on any atom is -0.464 e. The van der Waals surface area contributed by atoms with E-state index in [2.05, 4.69) is 53.4 Å². The second-order valence-electron chi connectivity index (χ2n) is 6.67. The highest BCUT2D eigenvalue weighted by Gasteiger charge is 2.37. The molecule has 0 aromatic rings. The van der Waals surface area contributed by atoms with Gasteiger partial charge in [-0.2, -0.15) is 0 Å². The van der Waals surface area contributed by atoms with E-state index in [9.17, 15) is 4.79 Å². The van der Waals surface area contributed by atoms with Crippen molar-refractivity contribution in [1.29, 1.82) is 0 Å². The predicted molar refractivity (Wildman–Crippen MR) is 85.8 cm³/mol. The van der Waals surface area contributed by atoms with Gasteiger partial charge in [-0.25, -0.2) is 0 Å². The van der Waals surface area contributed by atoms with E-state index in [1.807, 2.05) is 0 Å². The van der Waals surface area contributed by atoms with Gasteiger partial charge in [-0.3, -0.25) is 4.79 Å². The van der Waals surface area contributed by atoms with Crippen molar-refractivity contribution in [2.24, 2.45) is 17.3 Å². The Bertz CT molecular complexity index is 272. The fraction of sp³-hybridized carbons (Fsp3) is 0.941. The molecule has 0 fully saturated rings. The Hall–Kier alpha value is -0.570. The number of ether oxygens (including phenoxy) is 1. The molecule has 0 amide bonds. The van der Waals surface area contributed by atoms with E-state index in [4.69, 9.17) is 4.74 Å². The summed E-state index contributed by atoms with van der Waals surface area (Å²) in [5, 5.41) is 0. The van der Waals surface area contributed by atoms with Crippen molar-refractivity contribution in [2.75, 3.05) is 26.2 Å². The molecule has 0 aromatic heterocycles. The molecule has 120 valence electrons. The Morgan fingerprint density at radius 1 is 1.15 bits per heavy atom. The number of likely N-dealkylation sites (N-methyl/N-ethyl adjacent to an activating group) is 1. The normalized spacial score (nSPS) is 14.9. The Kier molecular flexibility index (Phi) is 9.11. The molecule has 0 radical (unpaired) electrons. The van der Waals surface area contributed by atoms with Crippen LogP contribution in [0.1, 0.15) is 61.3 Å². The molecular formula is C17H35NO2. The smallest absolute Gasteiger partial charge is 0.312 e. The first kappa shape index (κ1) is 19.4. The lowest BCUT2D eigenvalue weighted by Crippen LogP contribution is -2.37. The van der Waals surface area contributed by atoms with Crippen molar-refractivity contribution in [1.82, 2.24) is 4.90 Å². The molecule has 0 bridgehead atoms. The van der Waals surface area contributed by atoms with Crippen LogP contribution in [0.2, 0.25) is 0 Å². The molecule has 3 nitrogen and oxygen atoms in total. The van der Waals surface area contributed by atoms with Gasteiger partial charge >= 0.3 is 5.97 Å². The fourth-order valence-corrected chi connectivity index (χ4v) is 2.19. The van der Waals surface area contributed by atoms with Gasteiger partial charge in [0.15, 0.2) is 0 Å². The van der Waals surface area contributed by atoms with E-state index in [1.165, 1.54) is 0 Å². The zero-order valence-corrected chi connectivity index (χ0v) is 14.7. The molecule has 1 atom stereocenters. The first-order valence-electron chi connectivity index (χ1n) is 8.17. The van der Waals surface area contributed by atoms with Gasteiger partial charge in [0.05, 0.1) is 5.41 Å². The van der Waals surface area contributed by atoms with Gasteiger partial charge in [0.25, 0.3) is 0 Å². The van der Waals surface area contributed by atoms with Gasteiger partial charge in [-0.15, -0.1) is 0 Å². The summed E-state index contributed by atoms with van der Waals surface area (Å²) in [5.74, 6) is 0.902. The molecular weight excluding hydrogens is 250 g/mol. The topological polar surface area (TPSA) is 29.5 Å². The molecule has 1 unspecified atom stereocenters. The second kappa shape index (κ2) is 9.38. The lowest BCUT2D eigenvalue weighted by molar-refractivity contribution is -0.159. The van der Waals surface area contributed by atoms with Crippen molar-refractivity contribution >= 4 is 5.97 Å². The van der Waals surface area contributed by atoms with Crippen LogP contribution < -0.4 is 0 Å². The highest BCUT2D eigenvalue weighted by Crippen LogP contribution is 2.35. The van der Waals surface area contributed by atoms with E-state index in [-0.39, 0.29) is 11.4 Å². The summed E-state index contributed by atoms with van der Waals surface area (Å²) in [6.45, 7) is 18.3. The third-order valence-corrected chi connectivity index (χ3v) is 4.52. The lowest BCUT2D eigenvalue weighted by Gasteiger charge is -2.32.